The molecule has 2 N–H and O–H groups in total. The average molecular weight is 469 g/mol. The van der Waals surface area contributed by atoms with E-state index >= 15 is 0 Å². The van der Waals surface area contributed by atoms with E-state index in [0.717, 1.165) is 23.9 Å². The van der Waals surface area contributed by atoms with Crippen molar-refractivity contribution in [2.24, 2.45) is 4.99 Å². The van der Waals surface area contributed by atoms with Crippen LogP contribution in [0.2, 0.25) is 0 Å². The monoisotopic (exact) mass is 469 g/mol. The highest BCUT2D eigenvalue weighted by Crippen LogP contribution is 2.22. The van der Waals surface area contributed by atoms with Crippen molar-refractivity contribution in [2.75, 3.05) is 34.8 Å². The summed E-state index contributed by atoms with van der Waals surface area (Å²) in [6.07, 6.45) is 1.79. The molecule has 7 heteroatoms. The van der Waals surface area contributed by atoms with Gasteiger partial charge in [-0.15, -0.1) is 24.0 Å². The van der Waals surface area contributed by atoms with Crippen LogP contribution < -0.4 is 15.4 Å². The summed E-state index contributed by atoms with van der Waals surface area (Å²) in [5.74, 6) is 1.61. The minimum Gasteiger partial charge on any atom is -0.497 e. The highest BCUT2D eigenvalue weighted by atomic mass is 127. The lowest BCUT2D eigenvalue weighted by Crippen LogP contribution is -2.41. The first-order valence-corrected chi connectivity index (χ1v) is 8.29. The third-order valence-corrected chi connectivity index (χ3v) is 3.95. The van der Waals surface area contributed by atoms with Gasteiger partial charge < -0.3 is 20.3 Å². The van der Waals surface area contributed by atoms with Crippen LogP contribution in [0, 0.1) is 0 Å². The molecule has 0 aliphatic rings. The molecule has 0 fully saturated rings. The summed E-state index contributed by atoms with van der Waals surface area (Å²) in [5.41, 5.74) is 2.17. The van der Waals surface area contributed by atoms with Crippen molar-refractivity contribution in [3.8, 4) is 5.75 Å². The molecule has 0 radical (unpaired) electrons. The topological polar surface area (TPSA) is 61.8 Å². The fraction of sp³-hybridized carbons (Fsp3) is 0.368. The van der Waals surface area contributed by atoms with Gasteiger partial charge in [0.05, 0.1) is 25.4 Å². The van der Waals surface area contributed by atoms with Gasteiger partial charge in [0.1, 0.15) is 5.75 Å². The van der Waals surface area contributed by atoms with Crippen molar-refractivity contribution >= 4 is 29.9 Å². The summed E-state index contributed by atoms with van der Waals surface area (Å²) >= 11 is 0. The highest BCUT2D eigenvalue weighted by molar-refractivity contribution is 14.0. The lowest BCUT2D eigenvalue weighted by atomic mass is 10.1. The smallest absolute Gasteiger partial charge is 0.191 e. The summed E-state index contributed by atoms with van der Waals surface area (Å²) in [6.45, 7) is 1.36. The molecule has 2 aromatic rings. The van der Waals surface area contributed by atoms with E-state index in [1.165, 1.54) is 5.56 Å². The second-order valence-electron chi connectivity index (χ2n) is 5.88. The normalized spacial score (nSPS) is 12.3. The predicted molar refractivity (Wildman–Crippen MR) is 117 cm³/mol. The fourth-order valence-corrected chi connectivity index (χ4v) is 2.54. The molecular formula is C19H28IN5O. The van der Waals surface area contributed by atoms with Crippen LogP contribution >= 0.6 is 24.0 Å². The fourth-order valence-electron chi connectivity index (χ4n) is 2.54. The second-order valence-corrected chi connectivity index (χ2v) is 5.88. The first kappa shape index (κ1) is 22.2. The van der Waals surface area contributed by atoms with Gasteiger partial charge in [0.25, 0.3) is 0 Å². The molecule has 1 aromatic heterocycles. The molecule has 0 saturated heterocycles. The Kier molecular flexibility index (Phi) is 9.97. The van der Waals surface area contributed by atoms with Crippen molar-refractivity contribution < 1.29 is 4.74 Å². The molecule has 0 amide bonds. The van der Waals surface area contributed by atoms with Crippen LogP contribution in [0.15, 0.2) is 53.7 Å². The molecule has 1 atom stereocenters. The Bertz CT molecular complexity index is 679. The lowest BCUT2D eigenvalue weighted by Gasteiger charge is -2.26. The van der Waals surface area contributed by atoms with Gasteiger partial charge in [-0.1, -0.05) is 18.2 Å². The van der Waals surface area contributed by atoms with Gasteiger partial charge in [-0.05, 0) is 43.9 Å². The Hall–Kier alpha value is -1.87. The Balaban J connectivity index is 0.00000338. The second kappa shape index (κ2) is 11.7. The lowest BCUT2D eigenvalue weighted by molar-refractivity contribution is 0.297. The van der Waals surface area contributed by atoms with Gasteiger partial charge in [-0.25, -0.2) is 0 Å². The number of aliphatic imine (C=N–C) groups is 1. The Morgan fingerprint density at radius 1 is 1.19 bits per heavy atom. The van der Waals surface area contributed by atoms with Gasteiger partial charge in [0.2, 0.25) is 0 Å². The van der Waals surface area contributed by atoms with Gasteiger partial charge >= 0.3 is 0 Å². The van der Waals surface area contributed by atoms with E-state index in [9.17, 15) is 0 Å². The molecule has 142 valence electrons. The highest BCUT2D eigenvalue weighted by Gasteiger charge is 2.15. The quantitative estimate of drug-likeness (QED) is 0.371. The molecular weight excluding hydrogens is 441 g/mol. The van der Waals surface area contributed by atoms with E-state index in [2.05, 4.69) is 51.7 Å². The maximum Gasteiger partial charge on any atom is 0.191 e. The molecule has 1 heterocycles. The summed E-state index contributed by atoms with van der Waals surface area (Å²) < 4.78 is 5.34. The standard InChI is InChI=1S/C19H27N5O.HI/c1-20-19(22-13-16-9-5-6-11-21-16)23-14-18(24(2)3)15-8-7-10-17(12-15)25-4;/h5-12,18H,13-14H2,1-4H3,(H2,20,22,23);1H. The van der Waals surface area contributed by atoms with Crippen LogP contribution in [0.3, 0.4) is 0 Å². The van der Waals surface area contributed by atoms with Gasteiger partial charge in [0, 0.05) is 19.8 Å². The van der Waals surface area contributed by atoms with E-state index in [1.807, 2.05) is 30.3 Å². The zero-order chi connectivity index (χ0) is 18.1. The number of guanidine groups is 1. The molecule has 0 aliphatic heterocycles. The number of ether oxygens (including phenoxy) is 1. The third kappa shape index (κ3) is 6.80. The molecule has 6 nitrogen and oxygen atoms in total. The number of benzene rings is 1. The van der Waals surface area contributed by atoms with E-state index < -0.39 is 0 Å². The van der Waals surface area contributed by atoms with Crippen LogP contribution in [0.4, 0.5) is 0 Å². The number of nitrogens with zero attached hydrogens (tertiary/aromatic N) is 3. The van der Waals surface area contributed by atoms with Crippen LogP contribution in [0.5, 0.6) is 5.75 Å². The summed E-state index contributed by atoms with van der Waals surface area (Å²) in [4.78, 5) is 10.8. The SMILES string of the molecule is CN=C(NCc1ccccn1)NCC(c1cccc(OC)c1)N(C)C.I. The van der Waals surface area contributed by atoms with Crippen LogP contribution in [0.1, 0.15) is 17.3 Å². The minimum atomic E-state index is 0. The number of pyridine rings is 1. The maximum absolute atomic E-state index is 5.34. The number of hydrogen-bond acceptors (Lipinski definition) is 4. The van der Waals surface area contributed by atoms with E-state index in [-0.39, 0.29) is 30.0 Å². The van der Waals surface area contributed by atoms with Gasteiger partial charge in [-0.2, -0.15) is 0 Å². The first-order chi connectivity index (χ1) is 12.1. The molecule has 1 aromatic carbocycles. The van der Waals surface area contributed by atoms with Crippen molar-refractivity contribution in [3.05, 3.63) is 59.9 Å². The summed E-state index contributed by atoms with van der Waals surface area (Å²) in [5, 5.41) is 6.67. The minimum absolute atomic E-state index is 0. The zero-order valence-corrected chi connectivity index (χ0v) is 18.1. The molecule has 0 saturated carbocycles. The Morgan fingerprint density at radius 3 is 2.62 bits per heavy atom. The Morgan fingerprint density at radius 2 is 2.00 bits per heavy atom. The number of likely N-dealkylation sites (N-methyl/N-ethyl adjacent to an activating group) is 1. The average Bonchev–Trinajstić information content (AvgIpc) is 2.65. The van der Waals surface area contributed by atoms with E-state index in [0.29, 0.717) is 6.54 Å². The third-order valence-electron chi connectivity index (χ3n) is 3.95. The number of halogens is 1. The summed E-state index contributed by atoms with van der Waals surface area (Å²) in [6, 6.07) is 14.2. The molecule has 0 bridgehead atoms. The van der Waals surface area contributed by atoms with Crippen molar-refractivity contribution in [1.82, 2.24) is 20.5 Å². The zero-order valence-electron chi connectivity index (χ0n) is 15.8. The number of methoxy groups -OCH3 is 1. The van der Waals surface area contributed by atoms with Gasteiger partial charge in [0.15, 0.2) is 5.96 Å². The molecule has 1 unspecified atom stereocenters. The largest absolute Gasteiger partial charge is 0.497 e. The molecule has 2 rings (SSSR count). The summed E-state index contributed by atoms with van der Waals surface area (Å²) in [7, 11) is 7.58. The molecule has 26 heavy (non-hydrogen) atoms. The van der Waals surface area contributed by atoms with E-state index in [4.69, 9.17) is 4.74 Å². The van der Waals surface area contributed by atoms with Gasteiger partial charge in [-0.3, -0.25) is 9.98 Å². The maximum atomic E-state index is 5.34. The number of nitrogens with one attached hydrogen (secondary N) is 2. The number of aromatic nitrogens is 1. The number of hydrogen-bond donors (Lipinski definition) is 2. The Labute approximate surface area is 173 Å². The van der Waals surface area contributed by atoms with Crippen molar-refractivity contribution in [2.45, 2.75) is 12.6 Å². The predicted octanol–water partition coefficient (Wildman–Crippen LogP) is 2.68. The van der Waals surface area contributed by atoms with Crippen molar-refractivity contribution in [1.29, 1.82) is 0 Å². The van der Waals surface area contributed by atoms with E-state index in [1.54, 1.807) is 20.4 Å². The molecule has 0 aliphatic carbocycles. The van der Waals surface area contributed by atoms with Crippen LogP contribution in [-0.2, 0) is 6.54 Å². The first-order valence-electron chi connectivity index (χ1n) is 8.29. The molecule has 0 spiro atoms. The van der Waals surface area contributed by atoms with Crippen molar-refractivity contribution in [3.63, 3.8) is 0 Å². The number of rotatable bonds is 7. The van der Waals surface area contributed by atoms with Crippen LogP contribution in [-0.4, -0.2) is 50.6 Å². The van der Waals surface area contributed by atoms with Crippen LogP contribution in [0.25, 0.3) is 0 Å².